The van der Waals surface area contributed by atoms with Gasteiger partial charge in [-0.3, -0.25) is 0 Å². The second kappa shape index (κ2) is 8.00. The largest absolute Gasteiger partial charge is 0.490 e. The highest BCUT2D eigenvalue weighted by Gasteiger charge is 2.13. The molecule has 0 radical (unpaired) electrons. The van der Waals surface area contributed by atoms with E-state index < -0.39 is 12.2 Å². The molecule has 0 fully saturated rings. The van der Waals surface area contributed by atoms with E-state index in [1.54, 1.807) is 19.1 Å². The van der Waals surface area contributed by atoms with Crippen molar-refractivity contribution in [3.8, 4) is 5.75 Å². The Kier molecular flexibility index (Phi) is 6.31. The molecule has 0 aliphatic carbocycles. The van der Waals surface area contributed by atoms with E-state index in [4.69, 9.17) is 25.2 Å². The smallest absolute Gasteiger partial charge is 0.336 e. The van der Waals surface area contributed by atoms with Crippen LogP contribution in [0.4, 0.5) is 0 Å². The molecule has 0 bridgehead atoms. The highest BCUT2D eigenvalue weighted by molar-refractivity contribution is 5.90. The monoisotopic (exact) mass is 281 g/mol. The Morgan fingerprint density at radius 3 is 2.90 bits per heavy atom. The van der Waals surface area contributed by atoms with Gasteiger partial charge in [-0.25, -0.2) is 4.79 Å². The zero-order valence-corrected chi connectivity index (χ0v) is 10.9. The minimum atomic E-state index is -1.05. The molecule has 0 heterocycles. The number of aliphatic hydroxyl groups excluding tert-OH is 1. The van der Waals surface area contributed by atoms with Crippen LogP contribution in [0, 0.1) is 6.92 Å². The van der Waals surface area contributed by atoms with Crippen molar-refractivity contribution in [2.75, 3.05) is 19.8 Å². The Labute approximate surface area is 115 Å². The van der Waals surface area contributed by atoms with Crippen LogP contribution in [0.3, 0.4) is 0 Å². The van der Waals surface area contributed by atoms with Crippen molar-refractivity contribution >= 4 is 5.97 Å². The van der Waals surface area contributed by atoms with Crippen LogP contribution in [0.5, 0.6) is 5.75 Å². The number of aliphatic hydroxyl groups is 1. The molecular formula is C12H15N3O5. The van der Waals surface area contributed by atoms with Gasteiger partial charge in [0, 0.05) is 10.5 Å². The lowest BCUT2D eigenvalue weighted by Gasteiger charge is -2.15. The number of benzene rings is 1. The number of hydrogen-bond donors (Lipinski definition) is 2. The van der Waals surface area contributed by atoms with E-state index in [0.717, 1.165) is 0 Å². The van der Waals surface area contributed by atoms with E-state index in [2.05, 4.69) is 10.0 Å². The van der Waals surface area contributed by atoms with Crippen molar-refractivity contribution in [3.05, 3.63) is 39.8 Å². The summed E-state index contributed by atoms with van der Waals surface area (Å²) in [6.45, 7) is 1.36. The zero-order chi connectivity index (χ0) is 15.0. The fourth-order valence-electron chi connectivity index (χ4n) is 1.52. The minimum Gasteiger partial charge on any atom is -0.490 e. The predicted molar refractivity (Wildman–Crippen MR) is 69.6 cm³/mol. The van der Waals surface area contributed by atoms with Gasteiger partial charge in [-0.1, -0.05) is 11.2 Å². The molecule has 8 heteroatoms. The van der Waals surface area contributed by atoms with Gasteiger partial charge in [-0.05, 0) is 24.6 Å². The molecule has 1 unspecified atom stereocenters. The summed E-state index contributed by atoms with van der Waals surface area (Å²) >= 11 is 0. The molecule has 1 aromatic rings. The number of carboxylic acids is 1. The Balaban J connectivity index is 2.75. The van der Waals surface area contributed by atoms with Crippen molar-refractivity contribution in [2.24, 2.45) is 5.11 Å². The van der Waals surface area contributed by atoms with Gasteiger partial charge in [0.05, 0.1) is 18.8 Å². The highest BCUT2D eigenvalue weighted by atomic mass is 16.5. The van der Waals surface area contributed by atoms with Crippen molar-refractivity contribution in [1.29, 1.82) is 0 Å². The van der Waals surface area contributed by atoms with E-state index in [9.17, 15) is 4.79 Å². The summed E-state index contributed by atoms with van der Waals surface area (Å²) in [6.07, 6.45) is -0.889. The van der Waals surface area contributed by atoms with Crippen LogP contribution >= 0.6 is 0 Å². The maximum atomic E-state index is 11.0. The normalized spacial score (nSPS) is 11.5. The van der Waals surface area contributed by atoms with Crippen LogP contribution in [-0.4, -0.2) is 42.2 Å². The second-order valence-corrected chi connectivity index (χ2v) is 3.80. The molecule has 0 spiro atoms. The first kappa shape index (κ1) is 15.8. The minimum absolute atomic E-state index is 0.0151. The summed E-state index contributed by atoms with van der Waals surface area (Å²) in [6, 6.07) is 4.64. The average Bonchev–Trinajstić information content (AvgIpc) is 2.42. The number of aromatic carboxylic acids is 1. The molecule has 8 nitrogen and oxygen atoms in total. The number of ether oxygens (including phenoxy) is 2. The number of carbonyl (C=O) groups is 1. The Morgan fingerprint density at radius 2 is 2.30 bits per heavy atom. The van der Waals surface area contributed by atoms with Crippen molar-refractivity contribution in [2.45, 2.75) is 13.2 Å². The number of rotatable bonds is 8. The molecule has 0 aliphatic heterocycles. The fraction of sp³-hybridized carbons (Fsp3) is 0.417. The zero-order valence-electron chi connectivity index (χ0n) is 10.9. The lowest BCUT2D eigenvalue weighted by Crippen LogP contribution is -2.21. The van der Waals surface area contributed by atoms with Crippen LogP contribution in [0.25, 0.3) is 10.4 Å². The van der Waals surface area contributed by atoms with Crippen LogP contribution in [-0.2, 0) is 4.74 Å². The molecule has 20 heavy (non-hydrogen) atoms. The molecule has 0 saturated carbocycles. The summed E-state index contributed by atoms with van der Waals surface area (Å²) in [7, 11) is 0. The molecule has 1 rings (SSSR count). The average molecular weight is 281 g/mol. The molecule has 2 N–H and O–H groups in total. The maximum absolute atomic E-state index is 11.0. The van der Waals surface area contributed by atoms with Gasteiger partial charge in [-0.2, -0.15) is 0 Å². The standard InChI is InChI=1S/C12H15N3O5/c1-8-9(12(17)18)3-2-4-10(8)20-7-11(14-15-13)19-6-5-16/h2-4,11,16H,5-7H2,1H3,(H,17,18). The van der Waals surface area contributed by atoms with Crippen LogP contribution in [0.2, 0.25) is 0 Å². The lowest BCUT2D eigenvalue weighted by molar-refractivity contribution is 0.00660. The van der Waals surface area contributed by atoms with Gasteiger partial charge in [0.25, 0.3) is 0 Å². The van der Waals surface area contributed by atoms with E-state index >= 15 is 0 Å². The Hall–Kier alpha value is -2.28. The van der Waals surface area contributed by atoms with Crippen LogP contribution < -0.4 is 4.74 Å². The van der Waals surface area contributed by atoms with Crippen LogP contribution in [0.1, 0.15) is 15.9 Å². The van der Waals surface area contributed by atoms with E-state index in [1.165, 1.54) is 6.07 Å². The molecule has 0 aliphatic rings. The third kappa shape index (κ3) is 4.43. The van der Waals surface area contributed by atoms with E-state index in [0.29, 0.717) is 11.3 Å². The molecule has 0 aromatic heterocycles. The van der Waals surface area contributed by atoms with Gasteiger partial charge in [0.2, 0.25) is 0 Å². The first-order chi connectivity index (χ1) is 9.60. The lowest BCUT2D eigenvalue weighted by atomic mass is 10.1. The molecular weight excluding hydrogens is 266 g/mol. The Morgan fingerprint density at radius 1 is 1.55 bits per heavy atom. The SMILES string of the molecule is Cc1c(OCC(N=[N+]=[N-])OCCO)cccc1C(=O)O. The van der Waals surface area contributed by atoms with Crippen molar-refractivity contribution in [3.63, 3.8) is 0 Å². The topological polar surface area (TPSA) is 125 Å². The summed E-state index contributed by atoms with van der Waals surface area (Å²) < 4.78 is 10.5. The molecule has 108 valence electrons. The van der Waals surface area contributed by atoms with Crippen LogP contribution in [0.15, 0.2) is 23.3 Å². The van der Waals surface area contributed by atoms with Crippen molar-refractivity contribution < 1.29 is 24.5 Å². The van der Waals surface area contributed by atoms with Gasteiger partial charge >= 0.3 is 5.97 Å². The number of carboxylic acid groups (broad SMARTS) is 1. The summed E-state index contributed by atoms with van der Waals surface area (Å²) in [5, 5.41) is 21.0. The van der Waals surface area contributed by atoms with E-state index in [1.807, 2.05) is 0 Å². The molecule has 1 atom stereocenters. The first-order valence-corrected chi connectivity index (χ1v) is 5.82. The number of hydrogen-bond acceptors (Lipinski definition) is 5. The maximum Gasteiger partial charge on any atom is 0.336 e. The summed E-state index contributed by atoms with van der Waals surface area (Å²) in [4.78, 5) is 13.6. The number of azide groups is 1. The van der Waals surface area contributed by atoms with Gasteiger partial charge in [0.15, 0.2) is 6.23 Å². The second-order valence-electron chi connectivity index (χ2n) is 3.80. The quantitative estimate of drug-likeness (QED) is 0.426. The predicted octanol–water partition coefficient (Wildman–Crippen LogP) is 1.72. The Bertz CT molecular complexity index is 514. The molecule has 0 amide bonds. The van der Waals surface area contributed by atoms with Gasteiger partial charge in [0.1, 0.15) is 12.4 Å². The third-order valence-electron chi connectivity index (χ3n) is 2.48. The summed E-state index contributed by atoms with van der Waals surface area (Å²) in [5.74, 6) is -0.674. The van der Waals surface area contributed by atoms with Gasteiger partial charge in [-0.15, -0.1) is 0 Å². The molecule has 1 aromatic carbocycles. The van der Waals surface area contributed by atoms with Gasteiger partial charge < -0.3 is 19.7 Å². The van der Waals surface area contributed by atoms with Crippen molar-refractivity contribution in [1.82, 2.24) is 0 Å². The fourth-order valence-corrected chi connectivity index (χ4v) is 1.52. The highest BCUT2D eigenvalue weighted by Crippen LogP contribution is 2.21. The first-order valence-electron chi connectivity index (χ1n) is 5.82. The number of nitrogens with zero attached hydrogens (tertiary/aromatic N) is 3. The molecule has 0 saturated heterocycles. The summed E-state index contributed by atoms with van der Waals surface area (Å²) in [5.41, 5.74) is 9.00. The van der Waals surface area contributed by atoms with E-state index in [-0.39, 0.29) is 25.4 Å². The third-order valence-corrected chi connectivity index (χ3v) is 2.48.